The summed E-state index contributed by atoms with van der Waals surface area (Å²) in [5.74, 6) is -8.95. The molecule has 2 aromatic rings. The van der Waals surface area contributed by atoms with Crippen LogP contribution in [0.1, 0.15) is 27.2 Å². The molecule has 2 heterocycles. The summed E-state index contributed by atoms with van der Waals surface area (Å²) >= 11 is 0. The van der Waals surface area contributed by atoms with Gasteiger partial charge in [0.15, 0.2) is 5.78 Å². The van der Waals surface area contributed by atoms with Crippen molar-refractivity contribution in [2.75, 3.05) is 33.2 Å². The summed E-state index contributed by atoms with van der Waals surface area (Å²) in [6.07, 6.45) is -7.71. The van der Waals surface area contributed by atoms with Gasteiger partial charge in [-0.05, 0) is 48.5 Å². The molecule has 0 radical (unpaired) electrons. The van der Waals surface area contributed by atoms with E-state index in [9.17, 15) is 49.1 Å². The Balaban J connectivity index is 0.000000966. The highest BCUT2D eigenvalue weighted by molar-refractivity contribution is 6.06. The van der Waals surface area contributed by atoms with Crippen LogP contribution in [0.5, 0.6) is 0 Å². The number of nitrogens with zero attached hydrogens (tertiary/aromatic N) is 3. The number of hydrogen-bond donors (Lipinski definition) is 5. The lowest BCUT2D eigenvalue weighted by Gasteiger charge is -2.32. The Morgan fingerprint density at radius 2 is 1.25 bits per heavy atom. The van der Waals surface area contributed by atoms with E-state index >= 15 is 0 Å². The SMILES string of the molecule is CN1CCN(Cc2cccc(C(=O)/C=C/c3ccc(/C=C/C(=O)NO)nc3)c2)CC1.O=C(O)C(F)(F)F.O=C(O)C(F)(F)F.O=C(O)C(F)(F)F. The fourth-order valence-corrected chi connectivity index (χ4v) is 3.17. The van der Waals surface area contributed by atoms with Gasteiger partial charge in [-0.25, -0.2) is 19.9 Å². The van der Waals surface area contributed by atoms with Crippen LogP contribution in [0, 0.1) is 0 Å². The van der Waals surface area contributed by atoms with Gasteiger partial charge in [-0.1, -0.05) is 24.3 Å². The summed E-state index contributed by atoms with van der Waals surface area (Å²) in [5.41, 5.74) is 4.67. The van der Waals surface area contributed by atoms with Crippen LogP contribution in [0.3, 0.4) is 0 Å². The number of carboxylic acid groups (broad SMARTS) is 3. The fraction of sp³-hybridized carbons (Fsp3) is 0.310. The molecule has 0 aliphatic carbocycles. The lowest BCUT2D eigenvalue weighted by atomic mass is 10.1. The van der Waals surface area contributed by atoms with Crippen molar-refractivity contribution in [3.8, 4) is 0 Å². The molecule has 0 atom stereocenters. The Kier molecular flexibility index (Phi) is 18.8. The highest BCUT2D eigenvalue weighted by Crippen LogP contribution is 2.15. The first kappa shape index (κ1) is 45.6. The third-order valence-corrected chi connectivity index (χ3v) is 5.69. The third-order valence-electron chi connectivity index (χ3n) is 5.69. The van der Waals surface area contributed by atoms with Crippen LogP contribution in [-0.4, -0.2) is 117 Å². The first-order chi connectivity index (χ1) is 23.4. The minimum atomic E-state index is -5.08. The molecule has 0 spiro atoms. The van der Waals surface area contributed by atoms with Crippen molar-refractivity contribution in [1.82, 2.24) is 20.3 Å². The van der Waals surface area contributed by atoms with Gasteiger partial charge in [-0.3, -0.25) is 24.7 Å². The number of aliphatic carboxylic acids is 3. The van der Waals surface area contributed by atoms with Crippen molar-refractivity contribution in [3.05, 3.63) is 77.1 Å². The molecule has 0 bridgehead atoms. The van der Waals surface area contributed by atoms with E-state index in [0.717, 1.165) is 43.9 Å². The summed E-state index contributed by atoms with van der Waals surface area (Å²) in [6.45, 7) is 5.07. The zero-order valence-corrected chi connectivity index (χ0v) is 26.0. The van der Waals surface area contributed by atoms with Crippen molar-refractivity contribution in [3.63, 3.8) is 0 Å². The number of allylic oxidation sites excluding steroid dienone is 1. The van der Waals surface area contributed by atoms with Crippen LogP contribution in [-0.2, 0) is 25.7 Å². The van der Waals surface area contributed by atoms with Crippen LogP contribution in [0.4, 0.5) is 39.5 Å². The maximum Gasteiger partial charge on any atom is 0.490 e. The maximum atomic E-state index is 12.6. The van der Waals surface area contributed by atoms with E-state index < -0.39 is 42.3 Å². The number of amides is 1. The Morgan fingerprint density at radius 3 is 1.67 bits per heavy atom. The number of pyridine rings is 1. The topological polar surface area (TPSA) is 198 Å². The molecule has 1 aliphatic rings. The number of hydroxylamine groups is 1. The summed E-state index contributed by atoms with van der Waals surface area (Å²) in [4.78, 5) is 59.2. The molecule has 22 heteroatoms. The van der Waals surface area contributed by atoms with E-state index in [1.165, 1.54) is 17.6 Å². The highest BCUT2D eigenvalue weighted by atomic mass is 19.4. The third kappa shape index (κ3) is 20.7. The average molecular weight is 749 g/mol. The molecule has 1 aromatic carbocycles. The predicted octanol–water partition coefficient (Wildman–Crippen LogP) is 4.14. The number of aromatic nitrogens is 1. The van der Waals surface area contributed by atoms with E-state index in [4.69, 9.17) is 34.9 Å². The van der Waals surface area contributed by atoms with Crippen molar-refractivity contribution in [2.24, 2.45) is 0 Å². The summed E-state index contributed by atoms with van der Waals surface area (Å²) in [5, 5.41) is 29.8. The van der Waals surface area contributed by atoms with Crippen LogP contribution in [0.15, 0.2) is 54.7 Å². The number of nitrogens with one attached hydrogen (secondary N) is 1. The Morgan fingerprint density at radius 1 is 0.765 bits per heavy atom. The van der Waals surface area contributed by atoms with E-state index in [0.29, 0.717) is 11.3 Å². The number of benzene rings is 1. The van der Waals surface area contributed by atoms with Crippen molar-refractivity contribution in [2.45, 2.75) is 25.1 Å². The summed E-state index contributed by atoms with van der Waals surface area (Å²) in [6, 6.07) is 11.3. The van der Waals surface area contributed by atoms with Gasteiger partial charge in [-0.2, -0.15) is 39.5 Å². The lowest BCUT2D eigenvalue weighted by Crippen LogP contribution is -2.43. The van der Waals surface area contributed by atoms with Gasteiger partial charge in [0.1, 0.15) is 0 Å². The predicted molar refractivity (Wildman–Crippen MR) is 157 cm³/mol. The first-order valence-corrected chi connectivity index (χ1v) is 13.6. The Bertz CT molecular complexity index is 1460. The van der Waals surface area contributed by atoms with Crippen LogP contribution < -0.4 is 5.48 Å². The molecule has 282 valence electrons. The number of piperazine rings is 1. The Labute approximate surface area is 281 Å². The largest absolute Gasteiger partial charge is 0.490 e. The molecule has 3 rings (SSSR count). The number of rotatable bonds is 7. The first-order valence-electron chi connectivity index (χ1n) is 13.6. The number of carboxylic acids is 3. The molecule has 1 aliphatic heterocycles. The van der Waals surface area contributed by atoms with Crippen molar-refractivity contribution >= 4 is 41.8 Å². The van der Waals surface area contributed by atoms with Gasteiger partial charge in [0.25, 0.3) is 5.91 Å². The molecule has 0 unspecified atom stereocenters. The summed E-state index contributed by atoms with van der Waals surface area (Å²) < 4.78 is 95.2. The van der Waals surface area contributed by atoms with Crippen LogP contribution in [0.25, 0.3) is 12.2 Å². The average Bonchev–Trinajstić information content (AvgIpc) is 3.03. The monoisotopic (exact) mass is 748 g/mol. The second kappa shape index (κ2) is 21.0. The maximum absolute atomic E-state index is 12.6. The molecule has 5 N–H and O–H groups in total. The van der Waals surface area contributed by atoms with Gasteiger partial charge in [0, 0.05) is 50.6 Å². The zero-order chi connectivity index (χ0) is 39.6. The molecular weight excluding hydrogens is 719 g/mol. The van der Waals surface area contributed by atoms with Gasteiger partial charge >= 0.3 is 36.4 Å². The second-order valence-corrected chi connectivity index (χ2v) is 9.71. The molecule has 51 heavy (non-hydrogen) atoms. The Hall–Kier alpha value is -5.35. The number of hydrogen-bond acceptors (Lipinski definition) is 9. The van der Waals surface area contributed by atoms with Gasteiger partial charge in [-0.15, -0.1) is 0 Å². The number of alkyl halides is 9. The van der Waals surface area contributed by atoms with Gasteiger partial charge in [0.05, 0.1) is 5.69 Å². The van der Waals surface area contributed by atoms with Crippen LogP contribution >= 0.6 is 0 Å². The number of likely N-dealkylation sites (N-methyl/N-ethyl adjacent to an activating group) is 1. The molecule has 1 aromatic heterocycles. The number of carbonyl (C=O) groups is 5. The van der Waals surface area contributed by atoms with Gasteiger partial charge < -0.3 is 20.2 Å². The minimum Gasteiger partial charge on any atom is -0.475 e. The fourth-order valence-electron chi connectivity index (χ4n) is 3.17. The minimum absolute atomic E-state index is 0.0567. The normalized spacial score (nSPS) is 13.9. The number of carbonyl (C=O) groups excluding carboxylic acids is 2. The summed E-state index contributed by atoms with van der Waals surface area (Å²) in [7, 11) is 2.14. The smallest absolute Gasteiger partial charge is 0.475 e. The standard InChI is InChI=1S/C23H26N4O3.3C2HF3O2/c1-26-11-13-27(14-12-26)17-19-3-2-4-20(15-19)22(28)9-6-18-5-7-21(24-16-18)8-10-23(29)25-30;3*3-2(4,5)1(6)7/h2-10,15-16,30H,11-14,17H2,1H3,(H,25,29);3*(H,6,7)/b9-6+,10-8+;;;. The van der Waals surface area contributed by atoms with Gasteiger partial charge in [0.2, 0.25) is 0 Å². The molecule has 1 fully saturated rings. The molecule has 1 amide bonds. The van der Waals surface area contributed by atoms with E-state index in [2.05, 4.69) is 27.9 Å². The van der Waals surface area contributed by atoms with E-state index in [-0.39, 0.29) is 5.78 Å². The number of ketones is 1. The van der Waals surface area contributed by atoms with Crippen molar-refractivity contribution in [1.29, 1.82) is 0 Å². The zero-order valence-electron chi connectivity index (χ0n) is 26.0. The molecule has 1 saturated heterocycles. The molecule has 13 nitrogen and oxygen atoms in total. The van der Waals surface area contributed by atoms with Crippen molar-refractivity contribution < 1.29 is 84.0 Å². The number of halogens is 9. The van der Waals surface area contributed by atoms with Crippen LogP contribution in [0.2, 0.25) is 0 Å². The quantitative estimate of drug-likeness (QED) is 0.0894. The van der Waals surface area contributed by atoms with E-state index in [1.807, 2.05) is 18.2 Å². The molecular formula is C29H29F9N4O9. The highest BCUT2D eigenvalue weighted by Gasteiger charge is 2.39. The second-order valence-electron chi connectivity index (χ2n) is 9.71. The molecule has 0 saturated carbocycles. The van der Waals surface area contributed by atoms with E-state index in [1.54, 1.807) is 30.5 Å². The lowest BCUT2D eigenvalue weighted by molar-refractivity contribution is -0.193.